The lowest BCUT2D eigenvalue weighted by Crippen LogP contribution is -2.38. The Balaban J connectivity index is 2.26. The summed E-state index contributed by atoms with van der Waals surface area (Å²) in [6.07, 6.45) is 2.98. The van der Waals surface area contributed by atoms with Crippen molar-refractivity contribution in [2.24, 2.45) is 0 Å². The largest absolute Gasteiger partial charge is 0.287 e. The highest BCUT2D eigenvalue weighted by atomic mass is 16.2. The van der Waals surface area contributed by atoms with Crippen LogP contribution in [0.5, 0.6) is 0 Å². The molecule has 3 nitrogen and oxygen atoms in total. The zero-order chi connectivity index (χ0) is 15.0. The van der Waals surface area contributed by atoms with Crippen molar-refractivity contribution in [1.29, 1.82) is 0 Å². The van der Waals surface area contributed by atoms with Crippen LogP contribution in [0.3, 0.4) is 0 Å². The number of hydrazine groups is 1. The number of amides is 1. The summed E-state index contributed by atoms with van der Waals surface area (Å²) in [5.74, 6) is -0.0463. The molecule has 3 rings (SSSR count). The first kappa shape index (κ1) is 13.8. The summed E-state index contributed by atoms with van der Waals surface area (Å²) in [4.78, 5) is 12.1. The van der Waals surface area contributed by atoms with E-state index in [-0.39, 0.29) is 11.4 Å². The second-order valence-electron chi connectivity index (χ2n) is 5.98. The van der Waals surface area contributed by atoms with Gasteiger partial charge < -0.3 is 0 Å². The molecule has 1 amide bonds. The average Bonchev–Trinajstić information content (AvgIpc) is 2.74. The van der Waals surface area contributed by atoms with Gasteiger partial charge in [0.15, 0.2) is 0 Å². The minimum atomic E-state index is -0.362. The Morgan fingerprint density at radius 1 is 1.14 bits per heavy atom. The van der Waals surface area contributed by atoms with Gasteiger partial charge in [0.1, 0.15) is 0 Å². The Labute approximate surface area is 125 Å². The van der Waals surface area contributed by atoms with Gasteiger partial charge in [-0.1, -0.05) is 43.3 Å². The van der Waals surface area contributed by atoms with Crippen molar-refractivity contribution in [2.45, 2.75) is 32.7 Å². The fourth-order valence-corrected chi connectivity index (χ4v) is 2.84. The molecule has 108 valence electrons. The van der Waals surface area contributed by atoms with Gasteiger partial charge in [0.2, 0.25) is 0 Å². The molecule has 0 atom stereocenters. The zero-order valence-electron chi connectivity index (χ0n) is 12.7. The summed E-state index contributed by atoms with van der Waals surface area (Å²) < 4.78 is 0. The second kappa shape index (κ2) is 5.01. The van der Waals surface area contributed by atoms with Crippen molar-refractivity contribution in [1.82, 2.24) is 10.9 Å². The molecule has 0 bridgehead atoms. The molecular weight excluding hydrogens is 260 g/mol. The molecule has 0 aliphatic carbocycles. The Bertz CT molecular complexity index is 744. The molecule has 2 N–H and O–H groups in total. The topological polar surface area (TPSA) is 41.1 Å². The van der Waals surface area contributed by atoms with E-state index in [0.29, 0.717) is 0 Å². The van der Waals surface area contributed by atoms with E-state index in [4.69, 9.17) is 0 Å². The predicted octanol–water partition coefficient (Wildman–Crippen LogP) is 3.20. The van der Waals surface area contributed by atoms with Crippen molar-refractivity contribution >= 4 is 22.8 Å². The molecule has 1 saturated heterocycles. The maximum Gasteiger partial charge on any atom is 0.263 e. The third kappa shape index (κ3) is 2.34. The van der Waals surface area contributed by atoms with Crippen LogP contribution in [0.2, 0.25) is 0 Å². The van der Waals surface area contributed by atoms with E-state index in [2.05, 4.69) is 42.0 Å². The summed E-state index contributed by atoms with van der Waals surface area (Å²) in [6.45, 7) is 6.16. The molecule has 3 heteroatoms. The minimum Gasteiger partial charge on any atom is -0.287 e. The predicted molar refractivity (Wildman–Crippen MR) is 86.7 cm³/mol. The van der Waals surface area contributed by atoms with Gasteiger partial charge in [0.05, 0.1) is 5.54 Å². The van der Waals surface area contributed by atoms with E-state index in [0.717, 1.165) is 17.6 Å². The first-order chi connectivity index (χ1) is 10.0. The molecule has 1 fully saturated rings. The summed E-state index contributed by atoms with van der Waals surface area (Å²) >= 11 is 0. The highest BCUT2D eigenvalue weighted by Gasteiger charge is 2.35. The van der Waals surface area contributed by atoms with Crippen molar-refractivity contribution in [3.8, 4) is 0 Å². The molecule has 1 aliphatic heterocycles. The lowest BCUT2D eigenvalue weighted by atomic mass is 9.90. The minimum absolute atomic E-state index is 0.0463. The van der Waals surface area contributed by atoms with E-state index in [9.17, 15) is 4.79 Å². The molecule has 2 aromatic rings. The third-order valence-electron chi connectivity index (χ3n) is 4.14. The quantitative estimate of drug-likeness (QED) is 0.829. The smallest absolute Gasteiger partial charge is 0.263 e. The van der Waals surface area contributed by atoms with Crippen LogP contribution >= 0.6 is 0 Å². The lowest BCUT2D eigenvalue weighted by Gasteiger charge is -2.18. The molecule has 21 heavy (non-hydrogen) atoms. The Kier molecular flexibility index (Phi) is 3.30. The maximum absolute atomic E-state index is 12.1. The number of aryl methyl sites for hydroxylation is 1. The van der Waals surface area contributed by atoms with Gasteiger partial charge in [-0.3, -0.25) is 10.2 Å². The van der Waals surface area contributed by atoms with Gasteiger partial charge in [0.25, 0.3) is 5.91 Å². The number of carbonyl (C=O) groups is 1. The van der Waals surface area contributed by atoms with Gasteiger partial charge in [-0.05, 0) is 48.2 Å². The standard InChI is InChI=1S/C18H20N2O/c1-4-12-9-10-13-7-5-6-8-14(13)15(12)11-16-17(21)19-20-18(16,2)3/h5-11,20H,4H2,1-3H3,(H,19,21)/b16-11+. The maximum atomic E-state index is 12.1. The van der Waals surface area contributed by atoms with Crippen molar-refractivity contribution in [3.63, 3.8) is 0 Å². The van der Waals surface area contributed by atoms with Crippen LogP contribution in [0.25, 0.3) is 16.8 Å². The summed E-state index contributed by atoms with van der Waals surface area (Å²) in [5.41, 5.74) is 8.56. The molecule has 0 aromatic heterocycles. The summed E-state index contributed by atoms with van der Waals surface area (Å²) in [7, 11) is 0. The molecule has 0 radical (unpaired) electrons. The molecule has 2 aromatic carbocycles. The number of nitrogens with one attached hydrogen (secondary N) is 2. The molecule has 0 saturated carbocycles. The Morgan fingerprint density at radius 3 is 2.57 bits per heavy atom. The number of carbonyl (C=O) groups excluding carboxylic acids is 1. The van der Waals surface area contributed by atoms with Crippen molar-refractivity contribution < 1.29 is 4.79 Å². The Hall–Kier alpha value is -2.13. The van der Waals surface area contributed by atoms with Gasteiger partial charge in [-0.25, -0.2) is 5.43 Å². The molecule has 0 spiro atoms. The Morgan fingerprint density at radius 2 is 1.90 bits per heavy atom. The highest BCUT2D eigenvalue weighted by Crippen LogP contribution is 2.29. The average molecular weight is 280 g/mol. The van der Waals surface area contributed by atoms with E-state index in [1.807, 2.05) is 32.1 Å². The van der Waals surface area contributed by atoms with Gasteiger partial charge in [-0.15, -0.1) is 0 Å². The van der Waals surface area contributed by atoms with E-state index in [1.54, 1.807) is 0 Å². The van der Waals surface area contributed by atoms with Crippen molar-refractivity contribution in [2.75, 3.05) is 0 Å². The number of hydrogen-bond acceptors (Lipinski definition) is 2. The van der Waals surface area contributed by atoms with E-state index in [1.165, 1.54) is 16.3 Å². The first-order valence-corrected chi connectivity index (χ1v) is 7.33. The van der Waals surface area contributed by atoms with Crippen LogP contribution in [-0.4, -0.2) is 11.4 Å². The summed E-state index contributed by atoms with van der Waals surface area (Å²) in [5, 5.41) is 2.39. The van der Waals surface area contributed by atoms with Crippen LogP contribution in [-0.2, 0) is 11.2 Å². The van der Waals surface area contributed by atoms with Gasteiger partial charge in [-0.2, -0.15) is 0 Å². The fraction of sp³-hybridized carbons (Fsp3) is 0.278. The van der Waals surface area contributed by atoms with E-state index < -0.39 is 0 Å². The molecular formula is C18H20N2O. The van der Waals surface area contributed by atoms with Crippen LogP contribution < -0.4 is 10.9 Å². The van der Waals surface area contributed by atoms with Gasteiger partial charge in [0, 0.05) is 5.57 Å². The number of rotatable bonds is 2. The summed E-state index contributed by atoms with van der Waals surface area (Å²) in [6, 6.07) is 12.6. The van der Waals surface area contributed by atoms with Crippen LogP contribution in [0, 0.1) is 0 Å². The van der Waals surface area contributed by atoms with Gasteiger partial charge >= 0.3 is 0 Å². The molecule has 1 heterocycles. The third-order valence-corrected chi connectivity index (χ3v) is 4.14. The first-order valence-electron chi connectivity index (χ1n) is 7.33. The SMILES string of the molecule is CCc1ccc2ccccc2c1/C=C1\C(=O)NNC1(C)C. The zero-order valence-corrected chi connectivity index (χ0v) is 12.7. The fourth-order valence-electron chi connectivity index (χ4n) is 2.84. The lowest BCUT2D eigenvalue weighted by molar-refractivity contribution is -0.116. The highest BCUT2D eigenvalue weighted by molar-refractivity contribution is 6.04. The van der Waals surface area contributed by atoms with Crippen molar-refractivity contribution in [3.05, 3.63) is 53.1 Å². The number of benzene rings is 2. The van der Waals surface area contributed by atoms with Crippen LogP contribution in [0.15, 0.2) is 42.0 Å². The molecule has 1 aliphatic rings. The number of fused-ring (bicyclic) bond motifs is 1. The van der Waals surface area contributed by atoms with Crippen LogP contribution in [0.1, 0.15) is 31.9 Å². The molecule has 0 unspecified atom stereocenters. The van der Waals surface area contributed by atoms with E-state index >= 15 is 0 Å². The second-order valence-corrected chi connectivity index (χ2v) is 5.98. The monoisotopic (exact) mass is 280 g/mol. The normalized spacial score (nSPS) is 19.2. The van der Waals surface area contributed by atoms with Crippen LogP contribution in [0.4, 0.5) is 0 Å². The number of hydrogen-bond donors (Lipinski definition) is 2.